The van der Waals surface area contributed by atoms with Gasteiger partial charge in [-0.3, -0.25) is 19.4 Å². The number of phenolic OH excluding ortho intramolecular Hbond substituents is 3. The lowest BCUT2D eigenvalue weighted by molar-refractivity contribution is -0.167. The van der Waals surface area contributed by atoms with Crippen LogP contribution in [0.1, 0.15) is 215 Å². The van der Waals surface area contributed by atoms with E-state index < -0.39 is 72.7 Å². The van der Waals surface area contributed by atoms with Crippen molar-refractivity contribution in [1.29, 1.82) is 0 Å². The number of nitrogens with one attached hydrogen (secondary N) is 1. The molecule has 4 N–H and O–H groups in total. The van der Waals surface area contributed by atoms with E-state index in [0.717, 1.165) is 16.7 Å². The van der Waals surface area contributed by atoms with Gasteiger partial charge in [-0.2, -0.15) is 0 Å². The van der Waals surface area contributed by atoms with Crippen LogP contribution < -0.4 is 5.32 Å². The Morgan fingerprint density at radius 1 is 0.463 bits per heavy atom. The summed E-state index contributed by atoms with van der Waals surface area (Å²) in [6.07, 6.45) is 0.951. The van der Waals surface area contributed by atoms with Crippen molar-refractivity contribution < 1.29 is 29.7 Å². The number of aromatic hydroxyl groups is 3. The number of carbonyl (C=O) groups excluding carboxylic acids is 3. The summed E-state index contributed by atoms with van der Waals surface area (Å²) in [5.74, 6) is -1.02. The van der Waals surface area contributed by atoms with Crippen molar-refractivity contribution in [1.82, 2.24) is 15.1 Å². The Balaban J connectivity index is 1.91. The molecular weight excluding hydrogens is 835 g/mol. The van der Waals surface area contributed by atoms with Gasteiger partial charge in [-0.05, 0) is 160 Å². The Hall–Kier alpha value is -4.37. The number of rotatable bonds is 7. The summed E-state index contributed by atoms with van der Waals surface area (Å²) >= 11 is 0. The summed E-state index contributed by atoms with van der Waals surface area (Å²) < 4.78 is 0. The van der Waals surface area contributed by atoms with Crippen molar-refractivity contribution in [3.8, 4) is 17.2 Å². The largest absolute Gasteiger partial charge is 0.507 e. The first-order valence-electron chi connectivity index (χ1n) is 24.5. The zero-order valence-corrected chi connectivity index (χ0v) is 45.5. The number of hydrogen-bond donors (Lipinski definition) is 4. The first-order chi connectivity index (χ1) is 29.9. The lowest BCUT2D eigenvalue weighted by atomic mass is 9.59. The van der Waals surface area contributed by atoms with Crippen molar-refractivity contribution >= 4 is 17.8 Å². The number of barbiturate groups is 1. The Morgan fingerprint density at radius 3 is 0.940 bits per heavy atom. The molecule has 0 bridgehead atoms. The highest BCUT2D eigenvalue weighted by Crippen LogP contribution is 2.52. The highest BCUT2D eigenvalue weighted by molar-refractivity contribution is 6.19. The molecule has 4 amide bonds. The molecule has 9 heteroatoms. The van der Waals surface area contributed by atoms with E-state index in [4.69, 9.17) is 0 Å². The minimum absolute atomic E-state index is 0.000331. The van der Waals surface area contributed by atoms with Crippen molar-refractivity contribution in [3.63, 3.8) is 0 Å². The number of benzene rings is 3. The highest BCUT2D eigenvalue weighted by Gasteiger charge is 2.63. The monoisotopic (exact) mass is 922 g/mol. The van der Waals surface area contributed by atoms with Crippen LogP contribution in [0.15, 0.2) is 36.4 Å². The normalized spacial score (nSPS) is 18.8. The number of nitrogens with zero attached hydrogens (tertiary/aromatic N) is 2. The lowest BCUT2D eigenvalue weighted by Gasteiger charge is -2.54. The van der Waals surface area contributed by atoms with Gasteiger partial charge in [0.25, 0.3) is 0 Å². The van der Waals surface area contributed by atoms with E-state index in [1.807, 2.05) is 119 Å². The molecule has 2 aliphatic rings. The molecule has 0 unspecified atom stereocenters. The SMILES string of the molecule is CC1(C)CC(C2(Cc3cc(C(C)(C)C)c(O)c(C(C)(C)C)c3)C(=O)N(Cc3cc(C(C)(C)C)c(O)c(C(C)(C)C)c3)C(=O)N(Cc3cc(C(C)(C)C)c(O)c(C(C)(C)C)c3)C2=O)CC(C)(C)N1. The summed E-state index contributed by atoms with van der Waals surface area (Å²) in [6, 6.07) is 10.8. The molecule has 2 saturated heterocycles. The van der Waals surface area contributed by atoms with Crippen LogP contribution in [-0.4, -0.2) is 54.0 Å². The summed E-state index contributed by atoms with van der Waals surface area (Å²) in [5, 5.41) is 39.2. The average Bonchev–Trinajstić information content (AvgIpc) is 3.11. The molecule has 0 radical (unpaired) electrons. The van der Waals surface area contributed by atoms with E-state index in [2.05, 4.69) is 74.6 Å². The number of amides is 4. The first-order valence-corrected chi connectivity index (χ1v) is 24.5. The number of urea groups is 1. The molecule has 0 spiro atoms. The lowest BCUT2D eigenvalue weighted by Crippen LogP contribution is -2.70. The fraction of sp³-hybridized carbons (Fsp3) is 0.638. The molecule has 3 aromatic rings. The molecule has 0 aliphatic carbocycles. The summed E-state index contributed by atoms with van der Waals surface area (Å²) in [6.45, 7) is 44.9. The number of piperidine rings is 1. The molecular formula is C58H87N3O6. The predicted octanol–water partition coefficient (Wildman–Crippen LogP) is 12.9. The van der Waals surface area contributed by atoms with Crippen molar-refractivity contribution in [2.75, 3.05) is 0 Å². The van der Waals surface area contributed by atoms with Gasteiger partial charge >= 0.3 is 6.03 Å². The van der Waals surface area contributed by atoms with Crippen molar-refractivity contribution in [2.24, 2.45) is 11.3 Å². The van der Waals surface area contributed by atoms with E-state index in [0.29, 0.717) is 46.2 Å². The number of hydrogen-bond acceptors (Lipinski definition) is 7. The van der Waals surface area contributed by atoms with Gasteiger partial charge < -0.3 is 20.6 Å². The minimum atomic E-state index is -1.76. The van der Waals surface area contributed by atoms with Gasteiger partial charge in [0, 0.05) is 11.1 Å². The third-order valence-electron chi connectivity index (χ3n) is 14.1. The zero-order valence-electron chi connectivity index (χ0n) is 45.5. The maximum Gasteiger partial charge on any atom is 0.334 e. The molecule has 2 aliphatic heterocycles. The molecule has 0 aromatic heterocycles. The van der Waals surface area contributed by atoms with Crippen molar-refractivity contribution in [2.45, 2.75) is 228 Å². The van der Waals surface area contributed by atoms with Gasteiger partial charge in [0.1, 0.15) is 22.7 Å². The van der Waals surface area contributed by atoms with Crippen LogP contribution >= 0.6 is 0 Å². The molecule has 2 heterocycles. The summed E-state index contributed by atoms with van der Waals surface area (Å²) in [4.78, 5) is 50.9. The molecule has 67 heavy (non-hydrogen) atoms. The second kappa shape index (κ2) is 16.9. The third-order valence-corrected chi connectivity index (χ3v) is 14.1. The molecule has 5 rings (SSSR count). The van der Waals surface area contributed by atoms with Gasteiger partial charge in [-0.15, -0.1) is 0 Å². The number of carbonyl (C=O) groups is 3. The van der Waals surface area contributed by atoms with Crippen LogP contribution in [0, 0.1) is 11.3 Å². The fourth-order valence-corrected chi connectivity index (χ4v) is 11.0. The van der Waals surface area contributed by atoms with E-state index in [1.54, 1.807) is 0 Å². The van der Waals surface area contributed by atoms with Gasteiger partial charge in [0.05, 0.1) is 13.1 Å². The Bertz CT molecular complexity index is 2200. The van der Waals surface area contributed by atoms with E-state index in [-0.39, 0.29) is 36.8 Å². The first kappa shape index (κ1) is 53.6. The van der Waals surface area contributed by atoms with Crippen molar-refractivity contribution in [3.05, 3.63) is 86.5 Å². The van der Waals surface area contributed by atoms with Gasteiger partial charge in [0.15, 0.2) is 0 Å². The Labute approximate surface area is 404 Å². The average molecular weight is 922 g/mol. The van der Waals surface area contributed by atoms with Crippen LogP contribution in [0.5, 0.6) is 17.2 Å². The second-order valence-electron chi connectivity index (χ2n) is 27.8. The van der Waals surface area contributed by atoms with Gasteiger partial charge in [-0.1, -0.05) is 137 Å². The summed E-state index contributed by atoms with van der Waals surface area (Å²) in [5.41, 5.74) is 0.737. The predicted molar refractivity (Wildman–Crippen MR) is 273 cm³/mol. The quantitative estimate of drug-likeness (QED) is 0.174. The zero-order chi connectivity index (χ0) is 51.4. The van der Waals surface area contributed by atoms with Crippen LogP contribution in [0.2, 0.25) is 0 Å². The summed E-state index contributed by atoms with van der Waals surface area (Å²) in [7, 11) is 0. The maximum atomic E-state index is 16.4. The van der Waals surface area contributed by atoms with Gasteiger partial charge in [-0.25, -0.2) is 4.79 Å². The van der Waals surface area contributed by atoms with E-state index >= 15 is 14.4 Å². The minimum Gasteiger partial charge on any atom is -0.507 e. The topological polar surface area (TPSA) is 130 Å². The van der Waals surface area contributed by atoms with Gasteiger partial charge in [0.2, 0.25) is 11.8 Å². The number of imide groups is 2. The molecule has 2 fully saturated rings. The molecule has 370 valence electrons. The highest BCUT2D eigenvalue weighted by atomic mass is 16.3. The van der Waals surface area contributed by atoms with Crippen LogP contribution in [0.3, 0.4) is 0 Å². The molecule has 0 saturated carbocycles. The molecule has 0 atom stereocenters. The second-order valence-corrected chi connectivity index (χ2v) is 27.8. The molecule has 9 nitrogen and oxygen atoms in total. The Kier molecular flexibility index (Phi) is 13.6. The fourth-order valence-electron chi connectivity index (χ4n) is 11.0. The van der Waals surface area contributed by atoms with Crippen LogP contribution in [0.25, 0.3) is 0 Å². The Morgan fingerprint density at radius 2 is 0.701 bits per heavy atom. The third kappa shape index (κ3) is 10.8. The smallest absolute Gasteiger partial charge is 0.334 e. The molecule has 3 aromatic carbocycles. The van der Waals surface area contributed by atoms with Crippen LogP contribution in [0.4, 0.5) is 4.79 Å². The standard InChI is InChI=1S/C58H87N3O6/c1-50(2,3)38-23-34(24-39(44(38)62)51(4,5)6)29-58(37-30-56(19,20)59-57(21,22)31-37)47(65)60(32-35-25-40(52(7,8)9)45(63)41(26-35)53(10,11)12)49(67)61(48(58)66)33-36-27-42(54(13,14)15)46(64)43(28-36)55(16,17)18/h23-28,37,59,62-64H,29-33H2,1-22H3. The number of phenols is 3. The van der Waals surface area contributed by atoms with E-state index in [9.17, 15) is 15.3 Å². The maximum absolute atomic E-state index is 16.4. The van der Waals surface area contributed by atoms with E-state index in [1.165, 1.54) is 9.80 Å². The van der Waals surface area contributed by atoms with Crippen LogP contribution in [-0.2, 0) is 61.6 Å².